The van der Waals surface area contributed by atoms with Gasteiger partial charge in [0.1, 0.15) is 6.04 Å². The van der Waals surface area contributed by atoms with E-state index in [1.54, 1.807) is 38.1 Å². The molecule has 0 aliphatic heterocycles. The molecule has 0 aliphatic carbocycles. The Balaban J connectivity index is 2.36. The molecule has 0 spiro atoms. The number of esters is 1. The van der Waals surface area contributed by atoms with Crippen molar-refractivity contribution in [3.05, 3.63) is 58.6 Å². The van der Waals surface area contributed by atoms with Gasteiger partial charge in [0.05, 0.1) is 24.6 Å². The van der Waals surface area contributed by atoms with E-state index in [9.17, 15) is 18.0 Å². The number of nitrogens with one attached hydrogen (secondary N) is 1. The summed E-state index contributed by atoms with van der Waals surface area (Å²) in [4.78, 5) is 24.5. The number of amides is 1. The van der Waals surface area contributed by atoms with Crippen LogP contribution in [0.4, 0.5) is 11.4 Å². The average molecular weight is 439 g/mol. The van der Waals surface area contributed by atoms with Crippen molar-refractivity contribution < 1.29 is 22.7 Å². The van der Waals surface area contributed by atoms with Gasteiger partial charge >= 0.3 is 5.97 Å². The third kappa shape index (κ3) is 5.48. The maximum atomic E-state index is 12.9. The number of aryl methyl sites for hydroxylation is 1. The standard InChI is InChI=1S/C20H23ClN2O5S/c1-5-17(19(24)22-16-10-7-14(8-11-16)20(25)28-3)23(29(4,26)27)18-12-15(21)9-6-13(18)2/h6-12,17H,5H2,1-4H3,(H,22,24)/t17-/m0/s1. The molecule has 0 unspecified atom stereocenters. The molecular weight excluding hydrogens is 416 g/mol. The summed E-state index contributed by atoms with van der Waals surface area (Å²) >= 11 is 6.06. The van der Waals surface area contributed by atoms with Crippen LogP contribution >= 0.6 is 11.6 Å². The molecule has 2 aromatic rings. The molecule has 1 amide bonds. The highest BCUT2D eigenvalue weighted by atomic mass is 35.5. The van der Waals surface area contributed by atoms with Crippen molar-refractivity contribution in [1.29, 1.82) is 0 Å². The molecule has 0 saturated carbocycles. The second-order valence-electron chi connectivity index (χ2n) is 6.47. The van der Waals surface area contributed by atoms with Gasteiger partial charge < -0.3 is 10.1 Å². The van der Waals surface area contributed by atoms with E-state index >= 15 is 0 Å². The zero-order chi connectivity index (χ0) is 21.8. The van der Waals surface area contributed by atoms with E-state index in [1.807, 2.05) is 0 Å². The van der Waals surface area contributed by atoms with E-state index in [-0.39, 0.29) is 6.42 Å². The molecule has 0 aliphatic rings. The topological polar surface area (TPSA) is 92.8 Å². The molecule has 9 heteroatoms. The van der Waals surface area contributed by atoms with Crippen LogP contribution in [0.1, 0.15) is 29.3 Å². The second-order valence-corrected chi connectivity index (χ2v) is 8.77. The smallest absolute Gasteiger partial charge is 0.337 e. The van der Waals surface area contributed by atoms with Gasteiger partial charge in [-0.25, -0.2) is 13.2 Å². The number of nitrogens with zero attached hydrogens (tertiary/aromatic N) is 1. The minimum Gasteiger partial charge on any atom is -0.465 e. The molecule has 156 valence electrons. The number of methoxy groups -OCH3 is 1. The van der Waals surface area contributed by atoms with Gasteiger partial charge in [0.25, 0.3) is 0 Å². The molecule has 1 N–H and O–H groups in total. The molecule has 0 aromatic heterocycles. The number of ether oxygens (including phenoxy) is 1. The summed E-state index contributed by atoms with van der Waals surface area (Å²) in [5.74, 6) is -0.989. The SMILES string of the molecule is CC[C@@H](C(=O)Nc1ccc(C(=O)OC)cc1)N(c1cc(Cl)ccc1C)S(C)(=O)=O. The summed E-state index contributed by atoms with van der Waals surface area (Å²) < 4.78 is 30.8. The quantitative estimate of drug-likeness (QED) is 0.666. The Bertz CT molecular complexity index is 1010. The fraction of sp³-hybridized carbons (Fsp3) is 0.300. The lowest BCUT2D eigenvalue weighted by Crippen LogP contribution is -2.47. The molecule has 7 nitrogen and oxygen atoms in total. The van der Waals surface area contributed by atoms with E-state index < -0.39 is 27.9 Å². The Hall–Kier alpha value is -2.58. The van der Waals surface area contributed by atoms with Crippen LogP contribution < -0.4 is 9.62 Å². The van der Waals surface area contributed by atoms with Crippen LogP contribution in [0, 0.1) is 6.92 Å². The lowest BCUT2D eigenvalue weighted by molar-refractivity contribution is -0.117. The van der Waals surface area contributed by atoms with Gasteiger partial charge in [-0.1, -0.05) is 24.6 Å². The van der Waals surface area contributed by atoms with E-state index in [1.165, 1.54) is 25.3 Å². The minimum absolute atomic E-state index is 0.241. The van der Waals surface area contributed by atoms with Crippen molar-refractivity contribution >= 4 is 44.9 Å². The molecule has 0 saturated heterocycles. The molecule has 2 rings (SSSR count). The lowest BCUT2D eigenvalue weighted by Gasteiger charge is -2.31. The molecule has 0 fully saturated rings. The number of sulfonamides is 1. The van der Waals surface area contributed by atoms with Crippen molar-refractivity contribution in [2.75, 3.05) is 23.0 Å². The Kier molecular flexibility index (Phi) is 7.26. The number of rotatable bonds is 7. The molecule has 29 heavy (non-hydrogen) atoms. The summed E-state index contributed by atoms with van der Waals surface area (Å²) in [6.45, 7) is 3.47. The van der Waals surface area contributed by atoms with E-state index in [0.717, 1.165) is 10.6 Å². The van der Waals surface area contributed by atoms with Gasteiger partial charge in [0.15, 0.2) is 0 Å². The zero-order valence-electron chi connectivity index (χ0n) is 16.6. The van der Waals surface area contributed by atoms with E-state index in [4.69, 9.17) is 11.6 Å². The van der Waals surface area contributed by atoms with Gasteiger partial charge in [0.2, 0.25) is 15.9 Å². The van der Waals surface area contributed by atoms with Gasteiger partial charge in [-0.2, -0.15) is 0 Å². The average Bonchev–Trinajstić information content (AvgIpc) is 2.67. The first-order valence-corrected chi connectivity index (χ1v) is 11.1. The molecule has 0 radical (unpaired) electrons. The predicted octanol–water partition coefficient (Wildman–Crippen LogP) is 3.62. The fourth-order valence-electron chi connectivity index (χ4n) is 2.89. The largest absolute Gasteiger partial charge is 0.465 e. The maximum Gasteiger partial charge on any atom is 0.337 e. The molecule has 2 aromatic carbocycles. The number of carbonyl (C=O) groups is 2. The van der Waals surface area contributed by atoms with Gasteiger partial charge in [-0.05, 0) is 55.3 Å². The Labute approximate surface area is 175 Å². The van der Waals surface area contributed by atoms with Crippen molar-refractivity contribution in [1.82, 2.24) is 0 Å². The Morgan fingerprint density at radius 2 is 1.79 bits per heavy atom. The first-order chi connectivity index (χ1) is 13.6. The number of hydrogen-bond acceptors (Lipinski definition) is 5. The van der Waals surface area contributed by atoms with Crippen LogP contribution in [0.2, 0.25) is 5.02 Å². The van der Waals surface area contributed by atoms with Crippen molar-refractivity contribution in [3.63, 3.8) is 0 Å². The Morgan fingerprint density at radius 1 is 1.17 bits per heavy atom. The second kappa shape index (κ2) is 9.28. The van der Waals surface area contributed by atoms with Gasteiger partial charge in [-0.3, -0.25) is 9.10 Å². The highest BCUT2D eigenvalue weighted by Crippen LogP contribution is 2.29. The fourth-order valence-corrected chi connectivity index (χ4v) is 4.32. The molecular formula is C20H23ClN2O5S. The summed E-state index contributed by atoms with van der Waals surface area (Å²) in [7, 11) is -2.50. The number of benzene rings is 2. The third-order valence-electron chi connectivity index (χ3n) is 4.31. The number of hydrogen-bond donors (Lipinski definition) is 1. The van der Waals surface area contributed by atoms with Crippen LogP contribution in [-0.4, -0.2) is 39.7 Å². The number of carbonyl (C=O) groups excluding carboxylic acids is 2. The lowest BCUT2D eigenvalue weighted by atomic mass is 10.1. The first-order valence-electron chi connectivity index (χ1n) is 8.83. The van der Waals surface area contributed by atoms with Crippen LogP contribution in [0.5, 0.6) is 0 Å². The molecule has 0 bridgehead atoms. The van der Waals surface area contributed by atoms with Crippen LogP contribution in [0.15, 0.2) is 42.5 Å². The minimum atomic E-state index is -3.77. The molecule has 0 heterocycles. The molecule has 1 atom stereocenters. The number of anilines is 2. The third-order valence-corrected chi connectivity index (χ3v) is 5.71. The van der Waals surface area contributed by atoms with E-state index in [2.05, 4.69) is 10.1 Å². The van der Waals surface area contributed by atoms with E-state index in [0.29, 0.717) is 27.5 Å². The van der Waals surface area contributed by atoms with Gasteiger partial charge in [-0.15, -0.1) is 0 Å². The Morgan fingerprint density at radius 3 is 2.31 bits per heavy atom. The van der Waals surface area contributed by atoms with Crippen molar-refractivity contribution in [3.8, 4) is 0 Å². The first kappa shape index (κ1) is 22.7. The maximum absolute atomic E-state index is 12.9. The van der Waals surface area contributed by atoms with Crippen molar-refractivity contribution in [2.24, 2.45) is 0 Å². The van der Waals surface area contributed by atoms with Crippen LogP contribution in [-0.2, 0) is 19.6 Å². The van der Waals surface area contributed by atoms with Crippen LogP contribution in [0.25, 0.3) is 0 Å². The number of halogens is 1. The van der Waals surface area contributed by atoms with Gasteiger partial charge in [0, 0.05) is 10.7 Å². The zero-order valence-corrected chi connectivity index (χ0v) is 18.2. The van der Waals surface area contributed by atoms with Crippen molar-refractivity contribution in [2.45, 2.75) is 26.3 Å². The normalized spacial score (nSPS) is 12.2. The predicted molar refractivity (Wildman–Crippen MR) is 114 cm³/mol. The summed E-state index contributed by atoms with van der Waals surface area (Å²) in [6.07, 6.45) is 1.29. The summed E-state index contributed by atoms with van der Waals surface area (Å²) in [5.41, 5.74) is 1.79. The summed E-state index contributed by atoms with van der Waals surface area (Å²) in [5, 5.41) is 3.07. The van der Waals surface area contributed by atoms with Crippen LogP contribution in [0.3, 0.4) is 0 Å². The highest BCUT2D eigenvalue weighted by molar-refractivity contribution is 7.92. The highest BCUT2D eigenvalue weighted by Gasteiger charge is 2.32. The summed E-state index contributed by atoms with van der Waals surface area (Å²) in [6, 6.07) is 10.0. The monoisotopic (exact) mass is 438 g/mol.